The molecule has 92 valence electrons. The van der Waals surface area contributed by atoms with Crippen LogP contribution in [0.4, 0.5) is 8.78 Å². The SMILES string of the molecule is Cc1nc(Cn2cnc3cc(F)c(F)cc32)cs1. The molecular formula is C12H9F2N3S. The van der Waals surface area contributed by atoms with E-state index in [4.69, 9.17) is 0 Å². The highest BCUT2D eigenvalue weighted by Crippen LogP contribution is 2.19. The smallest absolute Gasteiger partial charge is 0.161 e. The number of fused-ring (bicyclic) bond motifs is 1. The van der Waals surface area contributed by atoms with Crippen LogP contribution in [0.3, 0.4) is 0 Å². The summed E-state index contributed by atoms with van der Waals surface area (Å²) in [6, 6.07) is 2.27. The fraction of sp³-hybridized carbons (Fsp3) is 0.167. The second-order valence-electron chi connectivity index (χ2n) is 3.99. The fourth-order valence-corrected chi connectivity index (χ4v) is 2.44. The number of aryl methyl sites for hydroxylation is 1. The van der Waals surface area contributed by atoms with Gasteiger partial charge in [-0.2, -0.15) is 0 Å². The maximum atomic E-state index is 13.2. The number of nitrogens with zero attached hydrogens (tertiary/aromatic N) is 3. The van der Waals surface area contributed by atoms with Gasteiger partial charge >= 0.3 is 0 Å². The van der Waals surface area contributed by atoms with Crippen LogP contribution in [0.1, 0.15) is 10.7 Å². The molecule has 0 unspecified atom stereocenters. The molecule has 0 bridgehead atoms. The van der Waals surface area contributed by atoms with E-state index in [-0.39, 0.29) is 0 Å². The number of imidazole rings is 1. The monoisotopic (exact) mass is 265 g/mol. The molecule has 2 aromatic heterocycles. The molecule has 18 heavy (non-hydrogen) atoms. The highest BCUT2D eigenvalue weighted by atomic mass is 32.1. The van der Waals surface area contributed by atoms with Crippen LogP contribution in [0, 0.1) is 18.6 Å². The molecule has 0 amide bonds. The highest BCUT2D eigenvalue weighted by Gasteiger charge is 2.10. The van der Waals surface area contributed by atoms with Crippen LogP contribution in [0.2, 0.25) is 0 Å². The van der Waals surface area contributed by atoms with E-state index in [0.717, 1.165) is 22.8 Å². The van der Waals surface area contributed by atoms with E-state index in [1.165, 1.54) is 0 Å². The Balaban J connectivity index is 2.04. The van der Waals surface area contributed by atoms with E-state index in [2.05, 4.69) is 9.97 Å². The topological polar surface area (TPSA) is 30.7 Å². The Morgan fingerprint density at radius 1 is 1.28 bits per heavy atom. The van der Waals surface area contributed by atoms with Crippen molar-refractivity contribution in [3.8, 4) is 0 Å². The molecule has 1 aromatic carbocycles. The van der Waals surface area contributed by atoms with Crippen molar-refractivity contribution in [1.29, 1.82) is 0 Å². The van der Waals surface area contributed by atoms with Gasteiger partial charge in [0.15, 0.2) is 11.6 Å². The predicted molar refractivity (Wildman–Crippen MR) is 65.6 cm³/mol. The van der Waals surface area contributed by atoms with Crippen molar-refractivity contribution in [1.82, 2.24) is 14.5 Å². The number of hydrogen-bond donors (Lipinski definition) is 0. The molecule has 3 aromatic rings. The van der Waals surface area contributed by atoms with Crippen molar-refractivity contribution < 1.29 is 8.78 Å². The Hall–Kier alpha value is -1.82. The third-order valence-corrected chi connectivity index (χ3v) is 3.48. The van der Waals surface area contributed by atoms with E-state index >= 15 is 0 Å². The molecule has 2 heterocycles. The minimum Gasteiger partial charge on any atom is -0.324 e. The lowest BCUT2D eigenvalue weighted by Crippen LogP contribution is -1.99. The number of thiazole rings is 1. The first-order valence-corrected chi connectivity index (χ1v) is 6.22. The lowest BCUT2D eigenvalue weighted by Gasteiger charge is -2.01. The summed E-state index contributed by atoms with van der Waals surface area (Å²) >= 11 is 1.56. The Morgan fingerprint density at radius 3 is 2.78 bits per heavy atom. The second-order valence-corrected chi connectivity index (χ2v) is 5.05. The van der Waals surface area contributed by atoms with Gasteiger partial charge in [-0.05, 0) is 6.92 Å². The van der Waals surface area contributed by atoms with Gasteiger partial charge in [0.1, 0.15) is 0 Å². The van der Waals surface area contributed by atoms with Crippen molar-refractivity contribution in [2.75, 3.05) is 0 Å². The normalized spacial score (nSPS) is 11.3. The van der Waals surface area contributed by atoms with Crippen LogP contribution in [-0.4, -0.2) is 14.5 Å². The molecule has 3 rings (SSSR count). The summed E-state index contributed by atoms with van der Waals surface area (Å²) in [5, 5.41) is 2.92. The van der Waals surface area contributed by atoms with E-state index in [0.29, 0.717) is 17.6 Å². The first-order valence-electron chi connectivity index (χ1n) is 5.34. The number of halogens is 2. The van der Waals surface area contributed by atoms with E-state index in [9.17, 15) is 8.78 Å². The Labute approximate surface area is 106 Å². The van der Waals surface area contributed by atoms with Gasteiger partial charge in [0.25, 0.3) is 0 Å². The van der Waals surface area contributed by atoms with Gasteiger partial charge in [-0.15, -0.1) is 11.3 Å². The first kappa shape index (κ1) is 11.3. The zero-order valence-electron chi connectivity index (χ0n) is 9.52. The van der Waals surface area contributed by atoms with Gasteiger partial charge in [0, 0.05) is 17.5 Å². The average Bonchev–Trinajstić information content (AvgIpc) is 2.89. The van der Waals surface area contributed by atoms with Crippen LogP contribution in [-0.2, 0) is 6.54 Å². The molecule has 0 aliphatic rings. The molecule has 0 saturated carbocycles. The second kappa shape index (κ2) is 4.13. The molecule has 6 heteroatoms. The van der Waals surface area contributed by atoms with Gasteiger partial charge in [0.05, 0.1) is 34.6 Å². The molecule has 0 spiro atoms. The predicted octanol–water partition coefficient (Wildman–Crippen LogP) is 3.13. The van der Waals surface area contributed by atoms with Gasteiger partial charge in [-0.1, -0.05) is 0 Å². The van der Waals surface area contributed by atoms with E-state index in [1.54, 1.807) is 22.2 Å². The largest absolute Gasteiger partial charge is 0.324 e. The van der Waals surface area contributed by atoms with Crippen molar-refractivity contribution in [2.24, 2.45) is 0 Å². The summed E-state index contributed by atoms with van der Waals surface area (Å²) in [7, 11) is 0. The van der Waals surface area contributed by atoms with Gasteiger partial charge in [0.2, 0.25) is 0 Å². The maximum Gasteiger partial charge on any atom is 0.161 e. The summed E-state index contributed by atoms with van der Waals surface area (Å²) in [6.07, 6.45) is 1.57. The molecule has 0 fully saturated rings. The van der Waals surface area contributed by atoms with Crippen LogP contribution in [0.25, 0.3) is 11.0 Å². The quantitative estimate of drug-likeness (QED) is 0.712. The molecule has 0 atom stereocenters. The zero-order chi connectivity index (χ0) is 12.7. The standard InChI is InChI=1S/C12H9F2N3S/c1-7-16-8(5-18-7)4-17-6-15-11-2-9(13)10(14)3-12(11)17/h2-3,5-6H,4H2,1H3. The number of rotatable bonds is 2. The Morgan fingerprint density at radius 2 is 2.06 bits per heavy atom. The van der Waals surface area contributed by atoms with Crippen molar-refractivity contribution in [3.05, 3.63) is 46.2 Å². The molecule has 3 nitrogen and oxygen atoms in total. The Bertz CT molecular complexity index is 717. The van der Waals surface area contributed by atoms with Crippen molar-refractivity contribution in [3.63, 3.8) is 0 Å². The summed E-state index contributed by atoms with van der Waals surface area (Å²) in [6.45, 7) is 2.43. The van der Waals surface area contributed by atoms with E-state index < -0.39 is 11.6 Å². The van der Waals surface area contributed by atoms with Gasteiger partial charge in [-0.25, -0.2) is 18.7 Å². The lowest BCUT2D eigenvalue weighted by atomic mass is 10.3. The molecule has 0 radical (unpaired) electrons. The maximum absolute atomic E-state index is 13.2. The summed E-state index contributed by atoms with van der Waals surface area (Å²) in [4.78, 5) is 8.39. The summed E-state index contributed by atoms with van der Waals surface area (Å²) < 4.78 is 28.0. The number of aromatic nitrogens is 3. The van der Waals surface area contributed by atoms with Crippen LogP contribution in [0.15, 0.2) is 23.8 Å². The van der Waals surface area contributed by atoms with Gasteiger partial charge in [-0.3, -0.25) is 0 Å². The average molecular weight is 265 g/mol. The lowest BCUT2D eigenvalue weighted by molar-refractivity contribution is 0.510. The van der Waals surface area contributed by atoms with Crippen LogP contribution >= 0.6 is 11.3 Å². The van der Waals surface area contributed by atoms with Crippen LogP contribution in [0.5, 0.6) is 0 Å². The minimum atomic E-state index is -0.878. The summed E-state index contributed by atoms with van der Waals surface area (Å²) in [5.74, 6) is -1.74. The highest BCUT2D eigenvalue weighted by molar-refractivity contribution is 7.09. The number of benzene rings is 1. The zero-order valence-corrected chi connectivity index (χ0v) is 10.3. The molecule has 0 saturated heterocycles. The minimum absolute atomic E-state index is 0.445. The van der Waals surface area contributed by atoms with E-state index in [1.807, 2.05) is 12.3 Å². The third kappa shape index (κ3) is 1.88. The van der Waals surface area contributed by atoms with Crippen molar-refractivity contribution in [2.45, 2.75) is 13.5 Å². The first-order chi connectivity index (χ1) is 8.63. The summed E-state index contributed by atoms with van der Waals surface area (Å²) in [5.41, 5.74) is 1.90. The fourth-order valence-electron chi connectivity index (χ4n) is 1.83. The molecule has 0 aliphatic carbocycles. The van der Waals surface area contributed by atoms with Crippen LogP contribution < -0.4 is 0 Å². The van der Waals surface area contributed by atoms with Gasteiger partial charge < -0.3 is 4.57 Å². The molecule has 0 aliphatic heterocycles. The molecular weight excluding hydrogens is 256 g/mol. The molecule has 0 N–H and O–H groups in total. The third-order valence-electron chi connectivity index (χ3n) is 2.66. The number of hydrogen-bond acceptors (Lipinski definition) is 3. The Kier molecular flexibility index (Phi) is 2.59. The van der Waals surface area contributed by atoms with Crippen molar-refractivity contribution >= 4 is 22.4 Å².